The lowest BCUT2D eigenvalue weighted by molar-refractivity contribution is -0.136. The van der Waals surface area contributed by atoms with E-state index in [9.17, 15) is 22.8 Å². The summed E-state index contributed by atoms with van der Waals surface area (Å²) in [5.41, 5.74) is 0.221. The van der Waals surface area contributed by atoms with Crippen LogP contribution in [0.2, 0.25) is 0 Å². The molecule has 1 aliphatic rings. The molecule has 6 nitrogen and oxygen atoms in total. The molecule has 1 aromatic heterocycles. The second-order valence-electron chi connectivity index (χ2n) is 6.14. The second-order valence-corrected chi connectivity index (χ2v) is 7.09. The van der Waals surface area contributed by atoms with Crippen LogP contribution >= 0.6 is 11.8 Å². The molecule has 0 spiro atoms. The normalized spacial score (nSPS) is 17.4. The lowest BCUT2D eigenvalue weighted by Crippen LogP contribution is -2.35. The third-order valence-corrected chi connectivity index (χ3v) is 5.03. The first kappa shape index (κ1) is 19.7. The fourth-order valence-corrected chi connectivity index (χ4v) is 3.63. The van der Waals surface area contributed by atoms with Crippen molar-refractivity contribution in [3.63, 3.8) is 0 Å². The summed E-state index contributed by atoms with van der Waals surface area (Å²) in [7, 11) is 0. The van der Waals surface area contributed by atoms with E-state index in [4.69, 9.17) is 4.74 Å². The highest BCUT2D eigenvalue weighted by molar-refractivity contribution is 7.99. The number of benzene rings is 1. The molecule has 2 aromatic rings. The van der Waals surface area contributed by atoms with Crippen LogP contribution in [-0.4, -0.2) is 46.6 Å². The highest BCUT2D eigenvalue weighted by Gasteiger charge is 2.28. The molecule has 0 saturated carbocycles. The fraction of sp³-hybridized carbons (Fsp3) is 0.471. The number of para-hydroxylation sites is 1. The van der Waals surface area contributed by atoms with Gasteiger partial charge in [-0.15, -0.1) is 0 Å². The minimum atomic E-state index is -4.47. The Bertz CT molecular complexity index is 879. The number of carbonyl (C=O) groups is 1. The van der Waals surface area contributed by atoms with Crippen molar-refractivity contribution in [2.75, 3.05) is 18.9 Å². The monoisotopic (exact) mass is 401 g/mol. The first-order valence-electron chi connectivity index (χ1n) is 8.41. The lowest BCUT2D eigenvalue weighted by Gasteiger charge is -2.16. The summed E-state index contributed by atoms with van der Waals surface area (Å²) in [5.74, 6) is -1.05. The first-order chi connectivity index (χ1) is 12.8. The summed E-state index contributed by atoms with van der Waals surface area (Å²) >= 11 is 0.935. The minimum Gasteiger partial charge on any atom is -0.376 e. The fourth-order valence-electron chi connectivity index (χ4n) is 2.79. The highest BCUT2D eigenvalue weighted by atomic mass is 32.2. The third kappa shape index (κ3) is 5.23. The SMILES string of the molecule is O=C(CSc1nc2ccccc2c(=O)n1C[C@H]1CCCO1)NCC(F)(F)F. The zero-order valence-corrected chi connectivity index (χ0v) is 15.1. The van der Waals surface area contributed by atoms with E-state index in [0.29, 0.717) is 24.1 Å². The molecule has 1 aromatic carbocycles. The highest BCUT2D eigenvalue weighted by Crippen LogP contribution is 2.21. The predicted molar refractivity (Wildman–Crippen MR) is 94.8 cm³/mol. The van der Waals surface area contributed by atoms with Crippen molar-refractivity contribution >= 4 is 28.6 Å². The van der Waals surface area contributed by atoms with Crippen molar-refractivity contribution in [3.05, 3.63) is 34.6 Å². The summed E-state index contributed by atoms with van der Waals surface area (Å²) in [4.78, 5) is 29.0. The Labute approximate surface area is 157 Å². The van der Waals surface area contributed by atoms with Gasteiger partial charge in [0, 0.05) is 6.61 Å². The second kappa shape index (κ2) is 8.30. The van der Waals surface area contributed by atoms with Crippen LogP contribution in [0.1, 0.15) is 12.8 Å². The van der Waals surface area contributed by atoms with Crippen molar-refractivity contribution in [1.82, 2.24) is 14.9 Å². The number of nitrogens with one attached hydrogen (secondary N) is 1. The maximum Gasteiger partial charge on any atom is 0.405 e. The van der Waals surface area contributed by atoms with E-state index in [0.717, 1.165) is 24.6 Å². The molecule has 1 aliphatic heterocycles. The minimum absolute atomic E-state index is 0.121. The molecule has 3 rings (SSSR count). The van der Waals surface area contributed by atoms with Crippen LogP contribution in [0.15, 0.2) is 34.2 Å². The van der Waals surface area contributed by atoms with Gasteiger partial charge in [-0.2, -0.15) is 13.2 Å². The Kier molecular flexibility index (Phi) is 6.05. The zero-order chi connectivity index (χ0) is 19.4. The van der Waals surface area contributed by atoms with Crippen LogP contribution in [0.25, 0.3) is 10.9 Å². The lowest BCUT2D eigenvalue weighted by atomic mass is 10.2. The molecule has 0 unspecified atom stereocenters. The van der Waals surface area contributed by atoms with Gasteiger partial charge in [0.2, 0.25) is 5.91 Å². The summed E-state index contributed by atoms with van der Waals surface area (Å²) in [5, 5.41) is 2.55. The number of aromatic nitrogens is 2. The van der Waals surface area contributed by atoms with Gasteiger partial charge in [0.15, 0.2) is 5.16 Å². The van der Waals surface area contributed by atoms with Gasteiger partial charge in [-0.25, -0.2) is 4.98 Å². The summed E-state index contributed by atoms with van der Waals surface area (Å²) in [6, 6.07) is 6.82. The molecule has 0 aliphatic carbocycles. The number of nitrogens with zero attached hydrogens (tertiary/aromatic N) is 2. The molecule has 2 heterocycles. The van der Waals surface area contributed by atoms with Gasteiger partial charge in [-0.05, 0) is 25.0 Å². The molecule has 1 amide bonds. The van der Waals surface area contributed by atoms with E-state index >= 15 is 0 Å². The van der Waals surface area contributed by atoms with E-state index in [2.05, 4.69) is 4.98 Å². The van der Waals surface area contributed by atoms with Crippen molar-refractivity contribution in [2.24, 2.45) is 0 Å². The predicted octanol–water partition coefficient (Wildman–Crippen LogP) is 2.35. The summed E-state index contributed by atoms with van der Waals surface area (Å²) in [6.45, 7) is -0.466. The van der Waals surface area contributed by atoms with Crippen molar-refractivity contribution in [3.8, 4) is 0 Å². The third-order valence-electron chi connectivity index (χ3n) is 4.06. The Balaban J connectivity index is 1.81. The Morgan fingerprint density at radius 3 is 2.85 bits per heavy atom. The van der Waals surface area contributed by atoms with Crippen molar-refractivity contribution < 1.29 is 22.7 Å². The van der Waals surface area contributed by atoms with Gasteiger partial charge in [-0.1, -0.05) is 23.9 Å². The van der Waals surface area contributed by atoms with Gasteiger partial charge >= 0.3 is 6.18 Å². The molecular formula is C17H18F3N3O3S. The number of halogens is 3. The molecule has 1 fully saturated rings. The average molecular weight is 401 g/mol. The van der Waals surface area contributed by atoms with Crippen LogP contribution in [-0.2, 0) is 16.1 Å². The Hall–Kier alpha value is -2.07. The van der Waals surface area contributed by atoms with Gasteiger partial charge in [-0.3, -0.25) is 14.2 Å². The van der Waals surface area contributed by atoms with Crippen molar-refractivity contribution in [2.45, 2.75) is 36.8 Å². The molecule has 1 N–H and O–H groups in total. The molecule has 1 atom stereocenters. The number of ether oxygens (including phenoxy) is 1. The number of fused-ring (bicyclic) bond motifs is 1. The number of carbonyl (C=O) groups excluding carboxylic acids is 1. The van der Waals surface area contributed by atoms with Gasteiger partial charge in [0.25, 0.3) is 5.56 Å². The number of rotatable bonds is 6. The number of thioether (sulfide) groups is 1. The maximum atomic E-state index is 12.8. The van der Waals surface area contributed by atoms with Gasteiger partial charge in [0.1, 0.15) is 6.54 Å². The van der Waals surface area contributed by atoms with Crippen LogP contribution in [0.5, 0.6) is 0 Å². The molecule has 0 bridgehead atoms. The van der Waals surface area contributed by atoms with Crippen LogP contribution in [0.3, 0.4) is 0 Å². The smallest absolute Gasteiger partial charge is 0.376 e. The average Bonchev–Trinajstić information content (AvgIpc) is 3.13. The quantitative estimate of drug-likeness (QED) is 0.594. The zero-order valence-electron chi connectivity index (χ0n) is 14.3. The summed E-state index contributed by atoms with van der Waals surface area (Å²) < 4.78 is 43.6. The van der Waals surface area contributed by atoms with Crippen LogP contribution in [0.4, 0.5) is 13.2 Å². The number of alkyl halides is 3. The number of hydrogen-bond donors (Lipinski definition) is 1. The molecule has 0 radical (unpaired) electrons. The van der Waals surface area contributed by atoms with Gasteiger partial charge < -0.3 is 10.1 Å². The number of amides is 1. The molecule has 27 heavy (non-hydrogen) atoms. The molecular weight excluding hydrogens is 383 g/mol. The molecule has 146 valence electrons. The Morgan fingerprint density at radius 1 is 1.37 bits per heavy atom. The van der Waals surface area contributed by atoms with Crippen LogP contribution < -0.4 is 10.9 Å². The van der Waals surface area contributed by atoms with Crippen molar-refractivity contribution in [1.29, 1.82) is 0 Å². The van der Waals surface area contributed by atoms with E-state index in [-0.39, 0.29) is 22.6 Å². The maximum absolute atomic E-state index is 12.8. The summed E-state index contributed by atoms with van der Waals surface area (Å²) in [6.07, 6.45) is -2.87. The van der Waals surface area contributed by atoms with Gasteiger partial charge in [0.05, 0.1) is 29.3 Å². The number of hydrogen-bond acceptors (Lipinski definition) is 5. The van der Waals surface area contributed by atoms with Crippen LogP contribution in [0, 0.1) is 0 Å². The standard InChI is InChI=1S/C17H18F3N3O3S/c18-17(19,20)10-21-14(24)9-27-16-22-13-6-2-1-5-12(13)15(25)23(16)8-11-4-3-7-26-11/h1-2,5-6,11H,3-4,7-10H2,(H,21,24)/t11-/m1/s1. The first-order valence-corrected chi connectivity index (χ1v) is 9.39. The van der Waals surface area contributed by atoms with E-state index in [1.54, 1.807) is 24.3 Å². The largest absolute Gasteiger partial charge is 0.405 e. The Morgan fingerprint density at radius 2 is 2.15 bits per heavy atom. The van der Waals surface area contributed by atoms with E-state index in [1.807, 2.05) is 5.32 Å². The van der Waals surface area contributed by atoms with E-state index < -0.39 is 18.6 Å². The topological polar surface area (TPSA) is 73.2 Å². The molecule has 10 heteroatoms. The van der Waals surface area contributed by atoms with E-state index in [1.165, 1.54) is 4.57 Å². The molecule has 1 saturated heterocycles.